The Balaban J connectivity index is 2.98. The van der Waals surface area contributed by atoms with Gasteiger partial charge in [-0.05, 0) is 33.6 Å². The van der Waals surface area contributed by atoms with E-state index >= 15 is 0 Å². The predicted molar refractivity (Wildman–Crippen MR) is 59.2 cm³/mol. The minimum Gasteiger partial charge on any atom is -0.496 e. The summed E-state index contributed by atoms with van der Waals surface area (Å²) < 4.78 is 27.3. The van der Waals surface area contributed by atoms with Gasteiger partial charge in [-0.25, -0.2) is 8.42 Å². The number of benzene rings is 1. The van der Waals surface area contributed by atoms with Crippen molar-refractivity contribution in [3.05, 3.63) is 28.2 Å². The molecule has 0 amide bonds. The zero-order chi connectivity index (χ0) is 10.8. The molecule has 0 radical (unpaired) electrons. The first-order valence-corrected chi connectivity index (χ1v) is 6.94. The van der Waals surface area contributed by atoms with Crippen LogP contribution in [0.25, 0.3) is 0 Å². The molecule has 1 rings (SSSR count). The fraction of sp³-hybridized carbons (Fsp3) is 0.250. The quantitative estimate of drug-likeness (QED) is 0.806. The van der Waals surface area contributed by atoms with Crippen LogP contribution in [0.1, 0.15) is 5.56 Å². The summed E-state index contributed by atoms with van der Waals surface area (Å²) in [5, 5.41) is 0. The lowest BCUT2D eigenvalue weighted by molar-refractivity contribution is 0.412. The number of rotatable bonds is 3. The molecule has 0 N–H and O–H groups in total. The van der Waals surface area contributed by atoms with Gasteiger partial charge in [-0.2, -0.15) is 0 Å². The van der Waals surface area contributed by atoms with Gasteiger partial charge in [0.1, 0.15) is 5.75 Å². The van der Waals surface area contributed by atoms with Crippen LogP contribution in [0.15, 0.2) is 22.7 Å². The molecule has 0 aliphatic rings. The third-order valence-electron chi connectivity index (χ3n) is 1.56. The highest BCUT2D eigenvalue weighted by molar-refractivity contribution is 9.10. The van der Waals surface area contributed by atoms with Crippen LogP contribution in [0.4, 0.5) is 0 Å². The van der Waals surface area contributed by atoms with Gasteiger partial charge in [-0.3, -0.25) is 0 Å². The Morgan fingerprint density at radius 3 is 2.57 bits per heavy atom. The first kappa shape index (κ1) is 11.8. The van der Waals surface area contributed by atoms with Gasteiger partial charge in [0.25, 0.3) is 0 Å². The van der Waals surface area contributed by atoms with E-state index in [1.54, 1.807) is 18.2 Å². The van der Waals surface area contributed by atoms with Crippen molar-refractivity contribution in [2.75, 3.05) is 7.11 Å². The number of hydrogen-bond acceptors (Lipinski definition) is 3. The smallest absolute Gasteiger partial charge is 0.236 e. The van der Waals surface area contributed by atoms with Gasteiger partial charge in [-0.1, -0.05) is 6.07 Å². The third kappa shape index (κ3) is 3.48. The van der Waals surface area contributed by atoms with Crippen molar-refractivity contribution in [2.45, 2.75) is 5.75 Å². The molecule has 0 bridgehead atoms. The maximum atomic E-state index is 10.8. The lowest BCUT2D eigenvalue weighted by atomic mass is 10.2. The maximum Gasteiger partial charge on any atom is 0.236 e. The third-order valence-corrected chi connectivity index (χ3v) is 3.18. The second kappa shape index (κ2) is 4.51. The number of ether oxygens (including phenoxy) is 1. The fourth-order valence-corrected chi connectivity index (χ4v) is 2.54. The van der Waals surface area contributed by atoms with Gasteiger partial charge in [0.05, 0.1) is 17.3 Å². The van der Waals surface area contributed by atoms with Gasteiger partial charge in [0, 0.05) is 10.7 Å². The second-order valence-electron chi connectivity index (χ2n) is 2.65. The van der Waals surface area contributed by atoms with Crippen LogP contribution in [-0.2, 0) is 14.8 Å². The van der Waals surface area contributed by atoms with Crippen molar-refractivity contribution >= 4 is 35.7 Å². The molecule has 0 aliphatic carbocycles. The zero-order valence-corrected chi connectivity index (χ0v) is 10.5. The molecular weight excluding hydrogens is 292 g/mol. The van der Waals surface area contributed by atoms with Crippen molar-refractivity contribution < 1.29 is 13.2 Å². The summed E-state index contributed by atoms with van der Waals surface area (Å²) >= 11 is 3.25. The Morgan fingerprint density at radius 1 is 1.50 bits per heavy atom. The van der Waals surface area contributed by atoms with Crippen molar-refractivity contribution in [1.82, 2.24) is 0 Å². The normalized spacial score (nSPS) is 11.4. The van der Waals surface area contributed by atoms with E-state index in [0.29, 0.717) is 15.8 Å². The summed E-state index contributed by atoms with van der Waals surface area (Å²) in [4.78, 5) is 0. The van der Waals surface area contributed by atoms with E-state index in [2.05, 4.69) is 15.9 Å². The van der Waals surface area contributed by atoms with Crippen molar-refractivity contribution in [1.29, 1.82) is 0 Å². The van der Waals surface area contributed by atoms with Crippen LogP contribution in [-0.4, -0.2) is 15.5 Å². The molecule has 1 aromatic carbocycles. The summed E-state index contributed by atoms with van der Waals surface area (Å²) in [5.74, 6) is 0.470. The molecule has 3 nitrogen and oxygen atoms in total. The highest BCUT2D eigenvalue weighted by Gasteiger charge is 2.08. The highest BCUT2D eigenvalue weighted by atomic mass is 79.9. The number of halogens is 2. The SMILES string of the molecule is COc1ccc(CS(=O)(=O)Cl)cc1Br. The molecule has 0 aliphatic heterocycles. The molecule has 14 heavy (non-hydrogen) atoms. The van der Waals surface area contributed by atoms with E-state index in [0.717, 1.165) is 0 Å². The summed E-state index contributed by atoms with van der Waals surface area (Å²) in [6.07, 6.45) is 0. The van der Waals surface area contributed by atoms with Gasteiger partial charge in [0.2, 0.25) is 9.05 Å². The minimum atomic E-state index is -3.50. The molecule has 0 unspecified atom stereocenters. The van der Waals surface area contributed by atoms with Crippen molar-refractivity contribution in [3.8, 4) is 5.75 Å². The van der Waals surface area contributed by atoms with Crippen LogP contribution in [0.3, 0.4) is 0 Å². The van der Waals surface area contributed by atoms with Crippen molar-refractivity contribution in [2.24, 2.45) is 0 Å². The van der Waals surface area contributed by atoms with Crippen LogP contribution in [0.2, 0.25) is 0 Å². The van der Waals surface area contributed by atoms with Crippen LogP contribution in [0, 0.1) is 0 Å². The maximum absolute atomic E-state index is 10.8. The summed E-state index contributed by atoms with van der Waals surface area (Å²) in [7, 11) is 3.16. The molecule has 0 heterocycles. The monoisotopic (exact) mass is 298 g/mol. The van der Waals surface area contributed by atoms with Crippen molar-refractivity contribution in [3.63, 3.8) is 0 Å². The molecular formula is C8H8BrClO3S. The van der Waals surface area contributed by atoms with Gasteiger partial charge < -0.3 is 4.74 Å². The van der Waals surface area contributed by atoms with Crippen LogP contribution >= 0.6 is 26.6 Å². The summed E-state index contributed by atoms with van der Waals surface area (Å²) in [6, 6.07) is 5.00. The van der Waals surface area contributed by atoms with Gasteiger partial charge in [-0.15, -0.1) is 0 Å². The van der Waals surface area contributed by atoms with E-state index in [-0.39, 0.29) is 5.75 Å². The highest BCUT2D eigenvalue weighted by Crippen LogP contribution is 2.26. The Labute approximate surface area is 95.6 Å². The molecule has 0 saturated carbocycles. The van der Waals surface area contributed by atoms with E-state index in [1.165, 1.54) is 7.11 Å². The van der Waals surface area contributed by atoms with E-state index in [1.807, 2.05) is 0 Å². The van der Waals surface area contributed by atoms with Crippen LogP contribution < -0.4 is 4.74 Å². The molecule has 0 saturated heterocycles. The molecule has 1 aromatic rings. The molecule has 0 fully saturated rings. The van der Waals surface area contributed by atoms with E-state index in [4.69, 9.17) is 15.4 Å². The Kier molecular flexibility index (Phi) is 3.80. The molecule has 0 atom stereocenters. The predicted octanol–water partition coefficient (Wildman–Crippen LogP) is 2.53. The van der Waals surface area contributed by atoms with Gasteiger partial charge in [0.15, 0.2) is 0 Å². The molecule has 78 valence electrons. The second-order valence-corrected chi connectivity index (χ2v) is 6.28. The Morgan fingerprint density at radius 2 is 2.14 bits per heavy atom. The lowest BCUT2D eigenvalue weighted by Gasteiger charge is -2.04. The summed E-state index contributed by atoms with van der Waals surface area (Å²) in [6.45, 7) is 0. The van der Waals surface area contributed by atoms with E-state index < -0.39 is 9.05 Å². The molecule has 0 spiro atoms. The van der Waals surface area contributed by atoms with Crippen LogP contribution in [0.5, 0.6) is 5.75 Å². The average molecular weight is 300 g/mol. The standard InChI is InChI=1S/C8H8BrClO3S/c1-13-8-3-2-6(4-7(8)9)5-14(10,11)12/h2-4H,5H2,1H3. The minimum absolute atomic E-state index is 0.183. The fourth-order valence-electron chi connectivity index (χ4n) is 0.999. The number of hydrogen-bond donors (Lipinski definition) is 0. The first-order chi connectivity index (χ1) is 6.42. The number of methoxy groups -OCH3 is 1. The molecule has 0 aromatic heterocycles. The Bertz CT molecular complexity index is 430. The average Bonchev–Trinajstić information content (AvgIpc) is 2.01. The first-order valence-electron chi connectivity index (χ1n) is 3.67. The topological polar surface area (TPSA) is 43.4 Å². The van der Waals surface area contributed by atoms with Gasteiger partial charge >= 0.3 is 0 Å². The molecule has 6 heteroatoms. The largest absolute Gasteiger partial charge is 0.496 e. The Hall–Kier alpha value is -0.260. The zero-order valence-electron chi connectivity index (χ0n) is 7.33. The summed E-state index contributed by atoms with van der Waals surface area (Å²) in [5.41, 5.74) is 0.618. The lowest BCUT2D eigenvalue weighted by Crippen LogP contribution is -1.95. The van der Waals surface area contributed by atoms with E-state index in [9.17, 15) is 8.42 Å².